The first-order valence-corrected chi connectivity index (χ1v) is 5.58. The summed E-state index contributed by atoms with van der Waals surface area (Å²) in [5.41, 5.74) is -0.250. The first-order chi connectivity index (χ1) is 7.97. The van der Waals surface area contributed by atoms with E-state index in [1.807, 2.05) is 0 Å². The number of hydrogen-bond donors (Lipinski definition) is 1. The highest BCUT2D eigenvalue weighted by atomic mass is 19.4. The molecule has 5 heteroatoms. The van der Waals surface area contributed by atoms with Crippen molar-refractivity contribution in [3.63, 3.8) is 0 Å². The van der Waals surface area contributed by atoms with Crippen LogP contribution in [-0.4, -0.2) is 23.1 Å². The lowest BCUT2D eigenvalue weighted by Gasteiger charge is -2.16. The molecule has 0 amide bonds. The second-order valence-electron chi connectivity index (χ2n) is 4.33. The minimum atomic E-state index is -4.49. The molecule has 0 aromatic heterocycles. The van der Waals surface area contributed by atoms with E-state index in [1.165, 1.54) is 12.1 Å². The van der Waals surface area contributed by atoms with E-state index in [2.05, 4.69) is 4.90 Å². The summed E-state index contributed by atoms with van der Waals surface area (Å²) in [5, 5.41) is 9.36. The Bertz CT molecular complexity index is 397. The molecule has 1 heterocycles. The molecule has 0 unspecified atom stereocenters. The van der Waals surface area contributed by atoms with Crippen molar-refractivity contribution in [1.82, 2.24) is 4.90 Å². The number of alkyl halides is 3. The van der Waals surface area contributed by atoms with Crippen molar-refractivity contribution < 1.29 is 18.3 Å². The highest BCUT2D eigenvalue weighted by molar-refractivity contribution is 5.38. The Labute approximate surface area is 97.7 Å². The van der Waals surface area contributed by atoms with Crippen LogP contribution < -0.4 is 0 Å². The lowest BCUT2D eigenvalue weighted by Crippen LogP contribution is -2.18. The molecule has 1 aromatic rings. The molecular formula is C12H14F3NO. The standard InChI is InChI=1S/C12H14F3NO/c13-12(14,15)10-4-3-9(7-11(10)17)8-16-5-1-2-6-16/h3-4,7,17H,1-2,5-6,8H2. The summed E-state index contributed by atoms with van der Waals surface area (Å²) in [6.45, 7) is 2.55. The third-order valence-electron chi connectivity index (χ3n) is 2.97. The Balaban J connectivity index is 2.13. The van der Waals surface area contributed by atoms with Gasteiger partial charge in [0.2, 0.25) is 0 Å². The summed E-state index contributed by atoms with van der Waals surface area (Å²) in [5.74, 6) is -0.686. The smallest absolute Gasteiger partial charge is 0.419 e. The number of rotatable bonds is 2. The summed E-state index contributed by atoms with van der Waals surface area (Å²) in [6.07, 6.45) is -2.23. The van der Waals surface area contributed by atoms with Gasteiger partial charge in [0.25, 0.3) is 0 Å². The van der Waals surface area contributed by atoms with E-state index in [9.17, 15) is 18.3 Å². The molecule has 1 aliphatic rings. The van der Waals surface area contributed by atoms with Crippen LogP contribution in [-0.2, 0) is 12.7 Å². The number of benzene rings is 1. The third-order valence-corrected chi connectivity index (χ3v) is 2.97. The van der Waals surface area contributed by atoms with Gasteiger partial charge in [-0.15, -0.1) is 0 Å². The molecule has 0 bridgehead atoms. The zero-order valence-electron chi connectivity index (χ0n) is 9.30. The first-order valence-electron chi connectivity index (χ1n) is 5.58. The SMILES string of the molecule is Oc1cc(CN2CCCC2)ccc1C(F)(F)F. The summed E-state index contributed by atoms with van der Waals surface area (Å²) >= 11 is 0. The van der Waals surface area contributed by atoms with Crippen LogP contribution in [0.2, 0.25) is 0 Å². The quantitative estimate of drug-likeness (QED) is 0.865. The van der Waals surface area contributed by atoms with Crippen LogP contribution in [0.25, 0.3) is 0 Å². The van der Waals surface area contributed by atoms with Crippen molar-refractivity contribution >= 4 is 0 Å². The van der Waals surface area contributed by atoms with Crippen molar-refractivity contribution in [2.45, 2.75) is 25.6 Å². The molecule has 1 fully saturated rings. The fourth-order valence-corrected chi connectivity index (χ4v) is 2.11. The maximum atomic E-state index is 12.4. The average molecular weight is 245 g/mol. The van der Waals surface area contributed by atoms with Crippen LogP contribution in [0.5, 0.6) is 5.75 Å². The number of phenols is 1. The second kappa shape index (κ2) is 4.56. The van der Waals surface area contributed by atoms with Gasteiger partial charge in [0.05, 0.1) is 5.56 Å². The van der Waals surface area contributed by atoms with E-state index >= 15 is 0 Å². The number of halogens is 3. The fraction of sp³-hybridized carbons (Fsp3) is 0.500. The fourth-order valence-electron chi connectivity index (χ4n) is 2.11. The monoisotopic (exact) mass is 245 g/mol. The molecule has 0 radical (unpaired) electrons. The zero-order valence-corrected chi connectivity index (χ0v) is 9.30. The Hall–Kier alpha value is -1.23. The van der Waals surface area contributed by atoms with E-state index in [4.69, 9.17) is 0 Å². The van der Waals surface area contributed by atoms with Gasteiger partial charge in [0.1, 0.15) is 5.75 Å². The lowest BCUT2D eigenvalue weighted by molar-refractivity contribution is -0.138. The van der Waals surface area contributed by atoms with Gasteiger partial charge in [-0.2, -0.15) is 13.2 Å². The maximum Gasteiger partial charge on any atom is 0.419 e. The summed E-state index contributed by atoms with van der Waals surface area (Å²) in [7, 11) is 0. The Morgan fingerprint density at radius 2 is 1.82 bits per heavy atom. The molecule has 2 rings (SSSR count). The van der Waals surface area contributed by atoms with Gasteiger partial charge in [-0.1, -0.05) is 6.07 Å². The first kappa shape index (κ1) is 12.2. The number of hydrogen-bond acceptors (Lipinski definition) is 2. The van der Waals surface area contributed by atoms with Gasteiger partial charge in [0.15, 0.2) is 0 Å². The highest BCUT2D eigenvalue weighted by Gasteiger charge is 2.33. The zero-order chi connectivity index (χ0) is 12.5. The van der Waals surface area contributed by atoms with Crippen LogP contribution in [0.3, 0.4) is 0 Å². The van der Waals surface area contributed by atoms with Crippen LogP contribution >= 0.6 is 0 Å². The Kier molecular flexibility index (Phi) is 3.28. The minimum Gasteiger partial charge on any atom is -0.507 e. The molecule has 1 N–H and O–H groups in total. The van der Waals surface area contributed by atoms with Gasteiger partial charge in [0, 0.05) is 6.54 Å². The summed E-state index contributed by atoms with van der Waals surface area (Å²) in [4.78, 5) is 2.17. The molecule has 0 spiro atoms. The molecular weight excluding hydrogens is 231 g/mol. The van der Waals surface area contributed by atoms with E-state index < -0.39 is 17.5 Å². The predicted molar refractivity (Wildman–Crippen MR) is 57.6 cm³/mol. The molecule has 17 heavy (non-hydrogen) atoms. The number of nitrogens with zero attached hydrogens (tertiary/aromatic N) is 1. The molecule has 2 nitrogen and oxygen atoms in total. The average Bonchev–Trinajstić information content (AvgIpc) is 2.68. The molecule has 0 saturated carbocycles. The van der Waals surface area contributed by atoms with E-state index in [-0.39, 0.29) is 0 Å². The summed E-state index contributed by atoms with van der Waals surface area (Å²) in [6, 6.07) is 3.59. The lowest BCUT2D eigenvalue weighted by atomic mass is 10.1. The van der Waals surface area contributed by atoms with Crippen molar-refractivity contribution in [3.8, 4) is 5.75 Å². The van der Waals surface area contributed by atoms with Gasteiger partial charge < -0.3 is 5.11 Å². The topological polar surface area (TPSA) is 23.5 Å². The van der Waals surface area contributed by atoms with Crippen LogP contribution in [0, 0.1) is 0 Å². The number of likely N-dealkylation sites (tertiary alicyclic amines) is 1. The largest absolute Gasteiger partial charge is 0.507 e. The van der Waals surface area contributed by atoms with E-state index in [1.54, 1.807) is 0 Å². The van der Waals surface area contributed by atoms with Crippen molar-refractivity contribution in [2.75, 3.05) is 13.1 Å². The van der Waals surface area contributed by atoms with Crippen LogP contribution in [0.1, 0.15) is 24.0 Å². The van der Waals surface area contributed by atoms with Gasteiger partial charge in [-0.25, -0.2) is 0 Å². The van der Waals surface area contributed by atoms with Crippen molar-refractivity contribution in [3.05, 3.63) is 29.3 Å². The molecule has 94 valence electrons. The number of phenolic OH excluding ortho intramolecular Hbond substituents is 1. The van der Waals surface area contributed by atoms with E-state index in [0.717, 1.165) is 37.6 Å². The van der Waals surface area contributed by atoms with Crippen LogP contribution in [0.15, 0.2) is 18.2 Å². The predicted octanol–water partition coefficient (Wildman–Crippen LogP) is 3.01. The molecule has 1 aromatic carbocycles. The Morgan fingerprint density at radius 3 is 2.35 bits per heavy atom. The highest BCUT2D eigenvalue weighted by Crippen LogP contribution is 2.36. The van der Waals surface area contributed by atoms with Crippen molar-refractivity contribution in [2.24, 2.45) is 0 Å². The van der Waals surface area contributed by atoms with E-state index in [0.29, 0.717) is 6.54 Å². The van der Waals surface area contributed by atoms with Gasteiger partial charge in [-0.05, 0) is 43.6 Å². The van der Waals surface area contributed by atoms with Gasteiger partial charge in [-0.3, -0.25) is 4.90 Å². The molecule has 1 aliphatic heterocycles. The van der Waals surface area contributed by atoms with Crippen molar-refractivity contribution in [1.29, 1.82) is 0 Å². The second-order valence-corrected chi connectivity index (χ2v) is 4.33. The van der Waals surface area contributed by atoms with Gasteiger partial charge >= 0.3 is 6.18 Å². The molecule has 0 aliphatic carbocycles. The number of aromatic hydroxyl groups is 1. The Morgan fingerprint density at radius 1 is 1.18 bits per heavy atom. The van der Waals surface area contributed by atoms with Crippen LogP contribution in [0.4, 0.5) is 13.2 Å². The summed E-state index contributed by atoms with van der Waals surface area (Å²) < 4.78 is 37.2. The molecule has 1 saturated heterocycles. The normalized spacial score (nSPS) is 17.6. The maximum absolute atomic E-state index is 12.4. The molecule has 0 atom stereocenters. The minimum absolute atomic E-state index is 0.603. The third kappa shape index (κ3) is 2.91.